The highest BCUT2D eigenvalue weighted by Crippen LogP contribution is 2.22. The van der Waals surface area contributed by atoms with Crippen LogP contribution in [-0.4, -0.2) is 26.5 Å². The number of hydrogen-bond acceptors (Lipinski definition) is 6. The van der Waals surface area contributed by atoms with E-state index in [4.69, 9.17) is 0 Å². The third kappa shape index (κ3) is 2.97. The van der Waals surface area contributed by atoms with Crippen molar-refractivity contribution >= 4 is 32.5 Å². The maximum absolute atomic E-state index is 12.3. The van der Waals surface area contributed by atoms with Gasteiger partial charge in [0.2, 0.25) is 0 Å². The SMILES string of the molecule is COC(=O)c1ccccc1S(=O)(=O)Nc1nc(C)cs1. The van der Waals surface area contributed by atoms with Gasteiger partial charge in [0.05, 0.1) is 18.4 Å². The summed E-state index contributed by atoms with van der Waals surface area (Å²) in [6, 6.07) is 5.84. The van der Waals surface area contributed by atoms with E-state index in [0.29, 0.717) is 5.69 Å². The average molecular weight is 312 g/mol. The first-order valence-corrected chi connectivity index (χ1v) is 7.92. The Morgan fingerprint density at radius 1 is 1.35 bits per heavy atom. The lowest BCUT2D eigenvalue weighted by Gasteiger charge is -2.09. The number of esters is 1. The number of aromatic nitrogens is 1. The fourth-order valence-corrected chi connectivity index (χ4v) is 3.69. The van der Waals surface area contributed by atoms with Gasteiger partial charge in [-0.15, -0.1) is 11.3 Å². The van der Waals surface area contributed by atoms with Gasteiger partial charge in [0.25, 0.3) is 10.0 Å². The van der Waals surface area contributed by atoms with Crippen LogP contribution in [0.15, 0.2) is 34.5 Å². The lowest BCUT2D eigenvalue weighted by Crippen LogP contribution is -2.17. The number of sulfonamides is 1. The van der Waals surface area contributed by atoms with Crippen molar-refractivity contribution in [2.75, 3.05) is 11.8 Å². The largest absolute Gasteiger partial charge is 0.465 e. The zero-order valence-corrected chi connectivity index (χ0v) is 12.4. The molecule has 0 aliphatic carbocycles. The molecule has 0 unspecified atom stereocenters. The summed E-state index contributed by atoms with van der Waals surface area (Å²) < 4.78 is 31.5. The monoisotopic (exact) mass is 312 g/mol. The number of methoxy groups -OCH3 is 1. The van der Waals surface area contributed by atoms with Crippen molar-refractivity contribution in [2.45, 2.75) is 11.8 Å². The Morgan fingerprint density at radius 2 is 2.05 bits per heavy atom. The second-order valence-electron chi connectivity index (χ2n) is 3.89. The molecule has 1 aromatic carbocycles. The first kappa shape index (κ1) is 14.5. The van der Waals surface area contributed by atoms with E-state index in [-0.39, 0.29) is 15.6 Å². The van der Waals surface area contributed by atoms with Gasteiger partial charge in [0.1, 0.15) is 4.90 Å². The van der Waals surface area contributed by atoms with Crippen LogP contribution < -0.4 is 4.72 Å². The standard InChI is InChI=1S/C12H12N2O4S2/c1-8-7-19-12(13-8)14-20(16,17)10-6-4-3-5-9(10)11(15)18-2/h3-7H,1-2H3,(H,13,14). The Bertz CT molecular complexity index is 737. The number of aryl methyl sites for hydroxylation is 1. The fraction of sp³-hybridized carbons (Fsp3) is 0.167. The van der Waals surface area contributed by atoms with E-state index >= 15 is 0 Å². The van der Waals surface area contributed by atoms with Gasteiger partial charge >= 0.3 is 5.97 Å². The van der Waals surface area contributed by atoms with Gasteiger partial charge in [0.15, 0.2) is 5.13 Å². The van der Waals surface area contributed by atoms with Crippen molar-refractivity contribution < 1.29 is 17.9 Å². The molecule has 0 atom stereocenters. The Morgan fingerprint density at radius 3 is 2.65 bits per heavy atom. The third-order valence-corrected chi connectivity index (χ3v) is 4.82. The predicted molar refractivity (Wildman–Crippen MR) is 75.4 cm³/mol. The van der Waals surface area contributed by atoms with Gasteiger partial charge in [0, 0.05) is 5.38 Å². The Hall–Kier alpha value is -1.93. The van der Waals surface area contributed by atoms with Gasteiger partial charge in [-0.25, -0.2) is 18.2 Å². The number of anilines is 1. The molecule has 106 valence electrons. The predicted octanol–water partition coefficient (Wildman–Crippen LogP) is 2.04. The van der Waals surface area contributed by atoms with Crippen LogP contribution in [0.1, 0.15) is 16.1 Å². The minimum atomic E-state index is -3.89. The third-order valence-electron chi connectivity index (χ3n) is 2.42. The summed E-state index contributed by atoms with van der Waals surface area (Å²) in [5, 5.41) is 1.98. The van der Waals surface area contributed by atoms with Crippen molar-refractivity contribution in [2.24, 2.45) is 0 Å². The van der Waals surface area contributed by atoms with Gasteiger partial charge in [-0.3, -0.25) is 4.72 Å². The Labute approximate surface area is 120 Å². The minimum absolute atomic E-state index is 0.0178. The molecule has 0 aliphatic heterocycles. The summed E-state index contributed by atoms with van der Waals surface area (Å²) in [5.74, 6) is -0.707. The maximum Gasteiger partial charge on any atom is 0.339 e. The summed E-state index contributed by atoms with van der Waals surface area (Å²) in [5.41, 5.74) is 0.699. The van der Waals surface area contributed by atoms with Gasteiger partial charge < -0.3 is 4.74 Å². The van der Waals surface area contributed by atoms with E-state index in [9.17, 15) is 13.2 Å². The van der Waals surface area contributed by atoms with Gasteiger partial charge in [-0.05, 0) is 19.1 Å². The molecule has 0 bridgehead atoms. The van der Waals surface area contributed by atoms with E-state index in [2.05, 4.69) is 14.4 Å². The number of benzene rings is 1. The van der Waals surface area contributed by atoms with Crippen LogP contribution in [0, 0.1) is 6.92 Å². The number of rotatable bonds is 4. The normalized spacial score (nSPS) is 11.1. The maximum atomic E-state index is 12.3. The minimum Gasteiger partial charge on any atom is -0.465 e. The molecule has 0 radical (unpaired) electrons. The zero-order valence-electron chi connectivity index (χ0n) is 10.8. The molecule has 8 heteroatoms. The fourth-order valence-electron chi connectivity index (χ4n) is 1.55. The van der Waals surface area contributed by atoms with Crippen molar-refractivity contribution in [1.29, 1.82) is 0 Å². The first-order valence-electron chi connectivity index (χ1n) is 5.56. The highest BCUT2D eigenvalue weighted by molar-refractivity contribution is 7.93. The van der Waals surface area contributed by atoms with Gasteiger partial charge in [-0.2, -0.15) is 0 Å². The van der Waals surface area contributed by atoms with Crippen molar-refractivity contribution in [3.05, 3.63) is 40.9 Å². The molecule has 2 aromatic rings. The second-order valence-corrected chi connectivity index (χ2v) is 6.40. The highest BCUT2D eigenvalue weighted by Gasteiger charge is 2.23. The van der Waals surface area contributed by atoms with E-state index in [1.807, 2.05) is 0 Å². The second kappa shape index (κ2) is 5.59. The molecular weight excluding hydrogens is 300 g/mol. The number of carbonyl (C=O) groups is 1. The van der Waals surface area contributed by atoms with Crippen LogP contribution in [0.5, 0.6) is 0 Å². The highest BCUT2D eigenvalue weighted by atomic mass is 32.2. The van der Waals surface area contributed by atoms with Crippen molar-refractivity contribution in [3.8, 4) is 0 Å². The van der Waals surface area contributed by atoms with E-state index < -0.39 is 16.0 Å². The number of nitrogens with zero attached hydrogens (tertiary/aromatic N) is 1. The topological polar surface area (TPSA) is 85.4 Å². The van der Waals surface area contributed by atoms with Crippen LogP contribution in [0.2, 0.25) is 0 Å². The summed E-state index contributed by atoms with van der Waals surface area (Å²) in [6.07, 6.45) is 0. The number of ether oxygens (including phenoxy) is 1. The average Bonchev–Trinajstić information content (AvgIpc) is 2.82. The molecule has 0 amide bonds. The van der Waals surface area contributed by atoms with Crippen molar-refractivity contribution in [1.82, 2.24) is 4.98 Å². The summed E-state index contributed by atoms with van der Waals surface area (Å²) in [6.45, 7) is 1.76. The molecule has 1 N–H and O–H groups in total. The molecule has 0 saturated heterocycles. The van der Waals surface area contributed by atoms with Crippen LogP contribution in [0.25, 0.3) is 0 Å². The molecule has 20 heavy (non-hydrogen) atoms. The zero-order chi connectivity index (χ0) is 14.8. The van der Waals surface area contributed by atoms with Crippen LogP contribution >= 0.6 is 11.3 Å². The molecule has 0 saturated carbocycles. The molecule has 0 fully saturated rings. The molecule has 1 aromatic heterocycles. The molecule has 6 nitrogen and oxygen atoms in total. The smallest absolute Gasteiger partial charge is 0.339 e. The Kier molecular flexibility index (Phi) is 4.05. The number of hydrogen-bond donors (Lipinski definition) is 1. The lowest BCUT2D eigenvalue weighted by atomic mass is 10.2. The molecular formula is C12H12N2O4S2. The summed E-state index contributed by atoms with van der Waals surface area (Å²) in [7, 11) is -2.69. The number of carbonyl (C=O) groups excluding carboxylic acids is 1. The van der Waals surface area contributed by atoms with Crippen molar-refractivity contribution in [3.63, 3.8) is 0 Å². The molecule has 1 heterocycles. The quantitative estimate of drug-likeness (QED) is 0.873. The van der Waals surface area contributed by atoms with E-state index in [1.54, 1.807) is 18.4 Å². The van der Waals surface area contributed by atoms with Crippen LogP contribution in [0.3, 0.4) is 0 Å². The number of nitrogens with one attached hydrogen (secondary N) is 1. The first-order chi connectivity index (χ1) is 9.44. The van der Waals surface area contributed by atoms with Crippen LogP contribution in [-0.2, 0) is 14.8 Å². The summed E-state index contributed by atoms with van der Waals surface area (Å²) >= 11 is 1.17. The van der Waals surface area contributed by atoms with E-state index in [0.717, 1.165) is 0 Å². The molecule has 0 spiro atoms. The summed E-state index contributed by atoms with van der Waals surface area (Å²) in [4.78, 5) is 15.5. The van der Waals surface area contributed by atoms with Crippen LogP contribution in [0.4, 0.5) is 5.13 Å². The number of thiazole rings is 1. The molecule has 2 rings (SSSR count). The lowest BCUT2D eigenvalue weighted by molar-refractivity contribution is 0.0596. The van der Waals surface area contributed by atoms with E-state index in [1.165, 1.54) is 36.6 Å². The van der Waals surface area contributed by atoms with Gasteiger partial charge in [-0.1, -0.05) is 12.1 Å². The molecule has 0 aliphatic rings. The Balaban J connectivity index is 2.42.